The van der Waals surface area contributed by atoms with Crippen molar-refractivity contribution in [2.45, 2.75) is 57.9 Å². The third-order valence-electron chi connectivity index (χ3n) is 7.34. The molecule has 8 heteroatoms. The zero-order chi connectivity index (χ0) is 28.9. The molecule has 0 aliphatic carbocycles. The predicted molar refractivity (Wildman–Crippen MR) is 161 cm³/mol. The number of ether oxygens (including phenoxy) is 1. The molecule has 2 heterocycles. The van der Waals surface area contributed by atoms with E-state index in [-0.39, 0.29) is 12.3 Å². The van der Waals surface area contributed by atoms with Crippen LogP contribution in [0.25, 0.3) is 0 Å². The molecule has 1 aliphatic heterocycles. The van der Waals surface area contributed by atoms with E-state index in [9.17, 15) is 14.7 Å². The van der Waals surface area contributed by atoms with Crippen LogP contribution < -0.4 is 15.4 Å². The first kappa shape index (κ1) is 30.1. The SMILES string of the molecule is Cc1cccc(CC(=O)N[C@@H](CCN(CCCCc2ccc3c(n2)NCCC3)CCOc2ccccc2)C(=O)O)c1. The summed E-state index contributed by atoms with van der Waals surface area (Å²) in [5.74, 6) is 0.535. The number of carbonyl (C=O) groups is 2. The molecule has 0 bridgehead atoms. The standard InChI is InChI=1S/C33H42N4O4/c1-25-9-7-10-26(23-25)24-31(38)36-30(33(39)40)17-20-37(21-22-41-29-13-3-2-4-14-29)19-6-5-12-28-16-15-27-11-8-18-34-32(27)35-28/h2-4,7,9-10,13-16,23,30H,5-6,8,11-12,17-22,24H2,1H3,(H,34,35)(H,36,38)(H,39,40)/t30-/m0/s1. The second-order valence-corrected chi connectivity index (χ2v) is 10.7. The maximum Gasteiger partial charge on any atom is 0.326 e. The van der Waals surface area contributed by atoms with Crippen molar-refractivity contribution in [3.05, 3.63) is 89.1 Å². The van der Waals surface area contributed by atoms with Gasteiger partial charge < -0.3 is 20.5 Å². The van der Waals surface area contributed by atoms with Crippen molar-refractivity contribution in [1.29, 1.82) is 0 Å². The Bertz CT molecular complexity index is 1270. The van der Waals surface area contributed by atoms with Gasteiger partial charge in [0.1, 0.15) is 24.2 Å². The Kier molecular flexibility index (Phi) is 11.6. The summed E-state index contributed by atoms with van der Waals surface area (Å²) in [7, 11) is 0. The lowest BCUT2D eigenvalue weighted by molar-refractivity contribution is -0.142. The van der Waals surface area contributed by atoms with E-state index in [0.717, 1.165) is 73.6 Å². The number of nitrogens with zero attached hydrogens (tertiary/aromatic N) is 2. The molecule has 1 atom stereocenters. The Morgan fingerprint density at radius 3 is 2.71 bits per heavy atom. The summed E-state index contributed by atoms with van der Waals surface area (Å²) in [6, 6.07) is 20.8. The summed E-state index contributed by atoms with van der Waals surface area (Å²) in [5.41, 5.74) is 4.33. The number of hydrogen-bond acceptors (Lipinski definition) is 6. The Morgan fingerprint density at radius 2 is 1.90 bits per heavy atom. The molecule has 0 radical (unpaired) electrons. The molecule has 3 N–H and O–H groups in total. The van der Waals surface area contributed by atoms with E-state index in [1.807, 2.05) is 61.5 Å². The Balaban J connectivity index is 1.28. The minimum absolute atomic E-state index is 0.159. The molecular formula is C33H42N4O4. The average Bonchev–Trinajstić information content (AvgIpc) is 2.97. The fourth-order valence-electron chi connectivity index (χ4n) is 5.12. The number of fused-ring (bicyclic) bond motifs is 1. The van der Waals surface area contributed by atoms with Crippen molar-refractivity contribution in [2.75, 3.05) is 38.1 Å². The summed E-state index contributed by atoms with van der Waals surface area (Å²) < 4.78 is 5.92. The van der Waals surface area contributed by atoms with Gasteiger partial charge in [-0.05, 0) is 81.3 Å². The number of para-hydroxylation sites is 1. The average molecular weight is 559 g/mol. The van der Waals surface area contributed by atoms with Crippen LogP contribution in [0.3, 0.4) is 0 Å². The molecule has 3 aromatic rings. The van der Waals surface area contributed by atoms with Crippen LogP contribution in [0.2, 0.25) is 0 Å². The van der Waals surface area contributed by atoms with Gasteiger partial charge in [0.25, 0.3) is 0 Å². The van der Waals surface area contributed by atoms with Crippen molar-refractivity contribution in [3.8, 4) is 5.75 Å². The number of carboxylic acid groups (broad SMARTS) is 1. The van der Waals surface area contributed by atoms with E-state index < -0.39 is 12.0 Å². The Hall–Kier alpha value is -3.91. The molecule has 41 heavy (non-hydrogen) atoms. The van der Waals surface area contributed by atoms with Gasteiger partial charge in [0.05, 0.1) is 6.42 Å². The van der Waals surface area contributed by atoms with E-state index in [1.54, 1.807) is 0 Å². The zero-order valence-electron chi connectivity index (χ0n) is 24.0. The summed E-state index contributed by atoms with van der Waals surface area (Å²) in [6.45, 7) is 5.47. The highest BCUT2D eigenvalue weighted by Crippen LogP contribution is 2.20. The van der Waals surface area contributed by atoms with Gasteiger partial charge in [0, 0.05) is 25.3 Å². The highest BCUT2D eigenvalue weighted by molar-refractivity contribution is 5.84. The van der Waals surface area contributed by atoms with E-state index in [2.05, 4.69) is 27.7 Å². The third-order valence-corrected chi connectivity index (χ3v) is 7.34. The number of unbranched alkanes of at least 4 members (excludes halogenated alkanes) is 1. The lowest BCUT2D eigenvalue weighted by Gasteiger charge is -2.24. The molecule has 4 rings (SSSR count). The Morgan fingerprint density at radius 1 is 1.05 bits per heavy atom. The van der Waals surface area contributed by atoms with Crippen LogP contribution >= 0.6 is 0 Å². The van der Waals surface area contributed by atoms with Crippen LogP contribution in [-0.4, -0.2) is 65.7 Å². The summed E-state index contributed by atoms with van der Waals surface area (Å²) >= 11 is 0. The van der Waals surface area contributed by atoms with Crippen molar-refractivity contribution in [2.24, 2.45) is 0 Å². The third kappa shape index (κ3) is 10.2. The van der Waals surface area contributed by atoms with Gasteiger partial charge in [-0.1, -0.05) is 54.1 Å². The summed E-state index contributed by atoms with van der Waals surface area (Å²) in [4.78, 5) is 31.7. The fourth-order valence-corrected chi connectivity index (χ4v) is 5.12. The summed E-state index contributed by atoms with van der Waals surface area (Å²) in [5, 5.41) is 16.0. The van der Waals surface area contributed by atoms with E-state index in [4.69, 9.17) is 9.72 Å². The number of aryl methyl sites for hydroxylation is 3. The zero-order valence-corrected chi connectivity index (χ0v) is 24.0. The van der Waals surface area contributed by atoms with Crippen molar-refractivity contribution in [1.82, 2.24) is 15.2 Å². The lowest BCUT2D eigenvalue weighted by Crippen LogP contribution is -2.44. The molecule has 2 aromatic carbocycles. The lowest BCUT2D eigenvalue weighted by atomic mass is 10.1. The van der Waals surface area contributed by atoms with Gasteiger partial charge in [-0.2, -0.15) is 0 Å². The molecule has 1 aliphatic rings. The number of aliphatic carboxylic acids is 1. The molecule has 0 saturated carbocycles. The van der Waals surface area contributed by atoms with E-state index >= 15 is 0 Å². The molecule has 1 amide bonds. The van der Waals surface area contributed by atoms with Gasteiger partial charge in [-0.3, -0.25) is 9.69 Å². The molecule has 8 nitrogen and oxygen atoms in total. The van der Waals surface area contributed by atoms with Crippen molar-refractivity contribution in [3.63, 3.8) is 0 Å². The number of carbonyl (C=O) groups excluding carboxylic acids is 1. The van der Waals surface area contributed by atoms with Crippen molar-refractivity contribution >= 4 is 17.7 Å². The predicted octanol–water partition coefficient (Wildman–Crippen LogP) is 4.65. The molecule has 1 aromatic heterocycles. The second kappa shape index (κ2) is 15.8. The quantitative estimate of drug-likeness (QED) is 0.220. The number of amides is 1. The van der Waals surface area contributed by atoms with Crippen LogP contribution in [-0.2, 0) is 28.9 Å². The number of carboxylic acids is 1. The first-order valence-corrected chi connectivity index (χ1v) is 14.7. The van der Waals surface area contributed by atoms with Gasteiger partial charge in [0.15, 0.2) is 0 Å². The minimum Gasteiger partial charge on any atom is -0.492 e. The molecule has 0 spiro atoms. The smallest absolute Gasteiger partial charge is 0.326 e. The summed E-state index contributed by atoms with van der Waals surface area (Å²) in [6.07, 6.45) is 5.55. The van der Waals surface area contributed by atoms with E-state index in [0.29, 0.717) is 26.1 Å². The topological polar surface area (TPSA) is 104 Å². The number of nitrogens with one attached hydrogen (secondary N) is 2. The number of rotatable bonds is 16. The first-order valence-electron chi connectivity index (χ1n) is 14.7. The largest absolute Gasteiger partial charge is 0.492 e. The van der Waals surface area contributed by atoms with Gasteiger partial charge in [-0.15, -0.1) is 0 Å². The van der Waals surface area contributed by atoms with Crippen LogP contribution in [0, 0.1) is 6.92 Å². The van der Waals surface area contributed by atoms with Gasteiger partial charge in [0.2, 0.25) is 5.91 Å². The van der Waals surface area contributed by atoms with Crippen LogP contribution in [0.1, 0.15) is 48.1 Å². The Labute approximate surface area is 243 Å². The normalized spacial score (nSPS) is 13.2. The minimum atomic E-state index is -1.02. The highest BCUT2D eigenvalue weighted by atomic mass is 16.5. The van der Waals surface area contributed by atoms with Gasteiger partial charge >= 0.3 is 5.97 Å². The molecule has 0 fully saturated rings. The number of hydrogen-bond donors (Lipinski definition) is 3. The van der Waals surface area contributed by atoms with Crippen molar-refractivity contribution < 1.29 is 19.4 Å². The maximum atomic E-state index is 12.6. The molecular weight excluding hydrogens is 516 g/mol. The number of benzene rings is 2. The number of pyridine rings is 1. The highest BCUT2D eigenvalue weighted by Gasteiger charge is 2.21. The first-order chi connectivity index (χ1) is 20.0. The maximum absolute atomic E-state index is 12.6. The number of aromatic nitrogens is 1. The van der Waals surface area contributed by atoms with Crippen LogP contribution in [0.15, 0.2) is 66.7 Å². The number of anilines is 1. The van der Waals surface area contributed by atoms with Gasteiger partial charge in [-0.25, -0.2) is 9.78 Å². The molecule has 218 valence electrons. The molecule has 0 unspecified atom stereocenters. The molecule has 0 saturated heterocycles. The second-order valence-electron chi connectivity index (χ2n) is 10.7. The van der Waals surface area contributed by atoms with Crippen LogP contribution in [0.4, 0.5) is 5.82 Å². The van der Waals surface area contributed by atoms with Crippen LogP contribution in [0.5, 0.6) is 5.75 Å². The monoisotopic (exact) mass is 558 g/mol. The van der Waals surface area contributed by atoms with E-state index in [1.165, 1.54) is 5.56 Å². The fraction of sp³-hybridized carbons (Fsp3) is 0.424.